The zero-order valence-corrected chi connectivity index (χ0v) is 13.7. The van der Waals surface area contributed by atoms with Gasteiger partial charge in [-0.05, 0) is 42.0 Å². The van der Waals surface area contributed by atoms with Crippen LogP contribution in [0.5, 0.6) is 11.5 Å². The maximum atomic E-state index is 13.7. The SMILES string of the molecule is Fc1cccc(Cl)c1COc1ccc(OCc2ccccc2)cc1. The quantitative estimate of drug-likeness (QED) is 0.577. The van der Waals surface area contributed by atoms with Gasteiger partial charge in [0.05, 0.1) is 5.02 Å². The van der Waals surface area contributed by atoms with Crippen molar-refractivity contribution in [1.82, 2.24) is 0 Å². The van der Waals surface area contributed by atoms with Crippen LogP contribution in [0.25, 0.3) is 0 Å². The molecule has 0 atom stereocenters. The van der Waals surface area contributed by atoms with Crippen molar-refractivity contribution in [2.75, 3.05) is 0 Å². The van der Waals surface area contributed by atoms with Crippen molar-refractivity contribution >= 4 is 11.6 Å². The summed E-state index contributed by atoms with van der Waals surface area (Å²) in [4.78, 5) is 0. The van der Waals surface area contributed by atoms with Crippen LogP contribution in [0.4, 0.5) is 4.39 Å². The molecule has 3 rings (SSSR count). The third kappa shape index (κ3) is 4.27. The lowest BCUT2D eigenvalue weighted by atomic mass is 10.2. The second kappa shape index (κ2) is 7.84. The Bertz CT molecular complexity index is 768. The Morgan fingerprint density at radius 1 is 0.708 bits per heavy atom. The molecule has 0 aliphatic heterocycles. The molecule has 0 aliphatic carbocycles. The minimum atomic E-state index is -0.370. The predicted octanol–water partition coefficient (Wildman–Crippen LogP) is 5.64. The van der Waals surface area contributed by atoms with E-state index in [0.29, 0.717) is 22.9 Å². The molecule has 24 heavy (non-hydrogen) atoms. The van der Waals surface area contributed by atoms with Gasteiger partial charge in [-0.3, -0.25) is 0 Å². The van der Waals surface area contributed by atoms with E-state index in [1.807, 2.05) is 42.5 Å². The van der Waals surface area contributed by atoms with Gasteiger partial charge in [-0.15, -0.1) is 0 Å². The molecular formula is C20H16ClFO2. The fourth-order valence-electron chi connectivity index (χ4n) is 2.20. The Balaban J connectivity index is 1.57. The van der Waals surface area contributed by atoms with Crippen molar-refractivity contribution in [3.05, 3.63) is 94.8 Å². The summed E-state index contributed by atoms with van der Waals surface area (Å²) in [6.07, 6.45) is 0. The highest BCUT2D eigenvalue weighted by atomic mass is 35.5. The van der Waals surface area contributed by atoms with Gasteiger partial charge in [0.2, 0.25) is 0 Å². The van der Waals surface area contributed by atoms with Gasteiger partial charge in [-0.2, -0.15) is 0 Å². The van der Waals surface area contributed by atoms with E-state index in [9.17, 15) is 4.39 Å². The molecule has 2 nitrogen and oxygen atoms in total. The van der Waals surface area contributed by atoms with Gasteiger partial charge in [0.1, 0.15) is 30.5 Å². The number of hydrogen-bond donors (Lipinski definition) is 0. The van der Waals surface area contributed by atoms with Gasteiger partial charge < -0.3 is 9.47 Å². The Morgan fingerprint density at radius 3 is 1.96 bits per heavy atom. The van der Waals surface area contributed by atoms with Gasteiger partial charge in [-0.25, -0.2) is 4.39 Å². The first-order valence-corrected chi connectivity index (χ1v) is 7.92. The molecular weight excluding hydrogens is 327 g/mol. The molecule has 0 aromatic heterocycles. The molecule has 0 saturated carbocycles. The number of hydrogen-bond acceptors (Lipinski definition) is 2. The largest absolute Gasteiger partial charge is 0.489 e. The van der Waals surface area contributed by atoms with Gasteiger partial charge in [-0.1, -0.05) is 48.0 Å². The summed E-state index contributed by atoms with van der Waals surface area (Å²) in [6.45, 7) is 0.585. The van der Waals surface area contributed by atoms with E-state index in [2.05, 4.69) is 0 Å². The molecule has 0 radical (unpaired) electrons. The van der Waals surface area contributed by atoms with E-state index < -0.39 is 0 Å². The lowest BCUT2D eigenvalue weighted by Crippen LogP contribution is -2.00. The summed E-state index contributed by atoms with van der Waals surface area (Å²) in [6, 6.07) is 21.7. The van der Waals surface area contributed by atoms with E-state index in [0.717, 1.165) is 11.3 Å². The highest BCUT2D eigenvalue weighted by Crippen LogP contribution is 2.23. The van der Waals surface area contributed by atoms with E-state index in [1.165, 1.54) is 6.07 Å². The van der Waals surface area contributed by atoms with Gasteiger partial charge >= 0.3 is 0 Å². The molecule has 0 heterocycles. The van der Waals surface area contributed by atoms with Crippen LogP contribution in [0.1, 0.15) is 11.1 Å². The first-order chi connectivity index (χ1) is 11.7. The molecule has 0 bridgehead atoms. The second-order valence-corrected chi connectivity index (χ2v) is 5.64. The van der Waals surface area contributed by atoms with Crippen LogP contribution in [0, 0.1) is 5.82 Å². The number of halogens is 2. The standard InChI is InChI=1S/C20H16ClFO2/c21-19-7-4-8-20(22)18(19)14-24-17-11-9-16(10-12-17)23-13-15-5-2-1-3-6-15/h1-12H,13-14H2. The zero-order chi connectivity index (χ0) is 16.8. The molecule has 0 aliphatic rings. The van der Waals surface area contributed by atoms with Crippen molar-refractivity contribution in [1.29, 1.82) is 0 Å². The molecule has 4 heteroatoms. The summed E-state index contributed by atoms with van der Waals surface area (Å²) in [7, 11) is 0. The lowest BCUT2D eigenvalue weighted by Gasteiger charge is -2.10. The highest BCUT2D eigenvalue weighted by Gasteiger charge is 2.07. The molecule has 3 aromatic rings. The van der Waals surface area contributed by atoms with E-state index in [-0.39, 0.29) is 12.4 Å². The Morgan fingerprint density at radius 2 is 1.33 bits per heavy atom. The van der Waals surface area contributed by atoms with Crippen LogP contribution in [0.2, 0.25) is 5.02 Å². The molecule has 3 aromatic carbocycles. The Hall–Kier alpha value is -2.52. The average Bonchev–Trinajstić information content (AvgIpc) is 2.61. The zero-order valence-electron chi connectivity index (χ0n) is 12.9. The molecule has 0 N–H and O–H groups in total. The predicted molar refractivity (Wildman–Crippen MR) is 93.0 cm³/mol. The smallest absolute Gasteiger partial charge is 0.131 e. The van der Waals surface area contributed by atoms with Crippen LogP contribution in [-0.4, -0.2) is 0 Å². The number of rotatable bonds is 6. The lowest BCUT2D eigenvalue weighted by molar-refractivity contribution is 0.294. The summed E-state index contributed by atoms with van der Waals surface area (Å²) < 4.78 is 25.0. The number of benzene rings is 3. The van der Waals surface area contributed by atoms with Crippen molar-refractivity contribution in [3.63, 3.8) is 0 Å². The van der Waals surface area contributed by atoms with Crippen LogP contribution in [0.15, 0.2) is 72.8 Å². The molecule has 0 spiro atoms. The van der Waals surface area contributed by atoms with Crippen molar-refractivity contribution < 1.29 is 13.9 Å². The summed E-state index contributed by atoms with van der Waals surface area (Å²) >= 11 is 5.98. The monoisotopic (exact) mass is 342 g/mol. The topological polar surface area (TPSA) is 18.5 Å². The maximum Gasteiger partial charge on any atom is 0.131 e. The maximum absolute atomic E-state index is 13.7. The second-order valence-electron chi connectivity index (χ2n) is 5.23. The Labute approximate surface area is 145 Å². The molecule has 0 amide bonds. The van der Waals surface area contributed by atoms with Crippen LogP contribution < -0.4 is 9.47 Å². The van der Waals surface area contributed by atoms with E-state index >= 15 is 0 Å². The highest BCUT2D eigenvalue weighted by molar-refractivity contribution is 6.31. The van der Waals surface area contributed by atoms with Crippen LogP contribution in [0.3, 0.4) is 0 Å². The normalized spacial score (nSPS) is 10.4. The van der Waals surface area contributed by atoms with Crippen LogP contribution in [-0.2, 0) is 13.2 Å². The summed E-state index contributed by atoms with van der Waals surface area (Å²) in [5.41, 5.74) is 1.45. The van der Waals surface area contributed by atoms with E-state index in [1.54, 1.807) is 24.3 Å². The molecule has 122 valence electrons. The first kappa shape index (κ1) is 16.3. The van der Waals surface area contributed by atoms with Gasteiger partial charge in [0.25, 0.3) is 0 Å². The molecule has 0 saturated heterocycles. The summed E-state index contributed by atoms with van der Waals surface area (Å²) in [5, 5.41) is 0.359. The van der Waals surface area contributed by atoms with Gasteiger partial charge in [0.15, 0.2) is 0 Å². The van der Waals surface area contributed by atoms with Gasteiger partial charge in [0, 0.05) is 5.56 Å². The minimum absolute atomic E-state index is 0.0791. The third-order valence-electron chi connectivity index (χ3n) is 3.52. The van der Waals surface area contributed by atoms with Crippen molar-refractivity contribution in [3.8, 4) is 11.5 Å². The third-order valence-corrected chi connectivity index (χ3v) is 3.87. The first-order valence-electron chi connectivity index (χ1n) is 7.55. The van der Waals surface area contributed by atoms with Crippen molar-refractivity contribution in [2.45, 2.75) is 13.2 Å². The van der Waals surface area contributed by atoms with Crippen LogP contribution >= 0.6 is 11.6 Å². The molecule has 0 fully saturated rings. The minimum Gasteiger partial charge on any atom is -0.489 e. The van der Waals surface area contributed by atoms with E-state index in [4.69, 9.17) is 21.1 Å². The molecule has 0 unspecified atom stereocenters. The average molecular weight is 343 g/mol. The summed E-state index contributed by atoms with van der Waals surface area (Å²) in [5.74, 6) is 1.00. The fourth-order valence-corrected chi connectivity index (χ4v) is 2.42. The fraction of sp³-hybridized carbons (Fsp3) is 0.100. The number of ether oxygens (including phenoxy) is 2. The van der Waals surface area contributed by atoms with Crippen molar-refractivity contribution in [2.24, 2.45) is 0 Å². The Kier molecular flexibility index (Phi) is 5.34.